The third-order valence-electron chi connectivity index (χ3n) is 4.00. The molecular weight excluding hydrogens is 374 g/mol. The molecule has 0 amide bonds. The maximum atomic E-state index is 10.1. The fourth-order valence-corrected chi connectivity index (χ4v) is 2.41. The molecule has 0 radical (unpaired) electrons. The number of unbranched alkanes of at least 4 members (excludes halogenated alkanes) is 1. The molecule has 0 heterocycles. The number of hydrogen-bond acceptors (Lipinski definition) is 2. The number of aryl methyl sites for hydroxylation is 1. The quantitative estimate of drug-likeness (QED) is 0.570. The van der Waals surface area contributed by atoms with Crippen LogP contribution in [0.2, 0.25) is 0 Å². The predicted octanol–water partition coefficient (Wildman–Crippen LogP) is 6.56. The van der Waals surface area contributed by atoms with Crippen molar-refractivity contribution in [2.75, 3.05) is 0 Å². The number of carbonyl (C=O) groups is 1. The van der Waals surface area contributed by atoms with Crippen LogP contribution in [0.3, 0.4) is 0 Å². The molecule has 132 valence electrons. The number of halogens is 1. The summed E-state index contributed by atoms with van der Waals surface area (Å²) in [4.78, 5) is 10.1. The van der Waals surface area contributed by atoms with Crippen molar-refractivity contribution in [2.24, 2.45) is 5.92 Å². The zero-order chi connectivity index (χ0) is 18.8. The third kappa shape index (κ3) is 7.23. The number of rotatable bonds is 5. The van der Waals surface area contributed by atoms with Crippen molar-refractivity contribution in [3.63, 3.8) is 0 Å². The number of ketones is 1. The molecule has 0 unspecified atom stereocenters. The molecule has 0 bridgehead atoms. The first kappa shape index (κ1) is 21.1. The van der Waals surface area contributed by atoms with Crippen LogP contribution < -0.4 is 0 Å². The molecule has 2 rings (SSSR count). The van der Waals surface area contributed by atoms with E-state index in [9.17, 15) is 4.79 Å². The molecular formula is C22H26BrNO. The molecule has 2 aromatic carbocycles. The maximum Gasteiger partial charge on any atom is 0.132 e. The lowest BCUT2D eigenvalue weighted by Crippen LogP contribution is -1.98. The Kier molecular flexibility index (Phi) is 9.16. The number of Topliss-reactive ketones (excluding diaryl/α,β-unsaturated/α-hetero) is 1. The Morgan fingerprint density at radius 3 is 2.24 bits per heavy atom. The molecule has 0 N–H and O–H groups in total. The van der Waals surface area contributed by atoms with Gasteiger partial charge >= 0.3 is 0 Å². The molecule has 0 atom stereocenters. The SMILES string of the molecule is CC(=O)C(C)C.CCCCc1cc(C#N)ccc1-c1ccc(Br)cc1. The Balaban J connectivity index is 0.000000450. The van der Waals surface area contributed by atoms with E-state index in [4.69, 9.17) is 5.26 Å². The molecule has 0 aliphatic carbocycles. The highest BCUT2D eigenvalue weighted by Crippen LogP contribution is 2.27. The summed E-state index contributed by atoms with van der Waals surface area (Å²) < 4.78 is 1.08. The second kappa shape index (κ2) is 10.8. The highest BCUT2D eigenvalue weighted by molar-refractivity contribution is 9.10. The zero-order valence-electron chi connectivity index (χ0n) is 15.5. The van der Waals surface area contributed by atoms with Gasteiger partial charge < -0.3 is 0 Å². The molecule has 2 nitrogen and oxygen atoms in total. The summed E-state index contributed by atoms with van der Waals surface area (Å²) in [6.07, 6.45) is 3.34. The van der Waals surface area contributed by atoms with Crippen molar-refractivity contribution < 1.29 is 4.79 Å². The van der Waals surface area contributed by atoms with Gasteiger partial charge in [0.1, 0.15) is 5.78 Å². The normalized spacial score (nSPS) is 9.96. The van der Waals surface area contributed by atoms with Gasteiger partial charge in [-0.25, -0.2) is 0 Å². The van der Waals surface area contributed by atoms with E-state index in [0.29, 0.717) is 0 Å². The first-order valence-electron chi connectivity index (χ1n) is 8.68. The van der Waals surface area contributed by atoms with E-state index in [1.807, 2.05) is 26.0 Å². The summed E-state index contributed by atoms with van der Waals surface area (Å²) >= 11 is 3.46. The summed E-state index contributed by atoms with van der Waals surface area (Å²) in [5, 5.41) is 9.03. The Hall–Kier alpha value is -1.92. The van der Waals surface area contributed by atoms with Gasteiger partial charge in [0.15, 0.2) is 0 Å². The summed E-state index contributed by atoms with van der Waals surface area (Å²) in [6, 6.07) is 16.5. The largest absolute Gasteiger partial charge is 0.300 e. The van der Waals surface area contributed by atoms with Gasteiger partial charge in [-0.2, -0.15) is 5.26 Å². The van der Waals surface area contributed by atoms with E-state index in [2.05, 4.69) is 59.3 Å². The van der Waals surface area contributed by atoms with Gasteiger partial charge in [0.05, 0.1) is 11.6 Å². The Bertz CT molecular complexity index is 727. The van der Waals surface area contributed by atoms with Gasteiger partial charge in [-0.15, -0.1) is 0 Å². The van der Waals surface area contributed by atoms with Crippen molar-refractivity contribution in [3.8, 4) is 17.2 Å². The van der Waals surface area contributed by atoms with Gasteiger partial charge in [-0.3, -0.25) is 4.79 Å². The number of nitrogens with zero attached hydrogens (tertiary/aromatic N) is 1. The second-order valence-corrected chi connectivity index (χ2v) is 7.28. The van der Waals surface area contributed by atoms with E-state index in [0.717, 1.165) is 29.3 Å². The fourth-order valence-electron chi connectivity index (χ4n) is 2.15. The van der Waals surface area contributed by atoms with Crippen LogP contribution in [-0.2, 0) is 11.2 Å². The average Bonchev–Trinajstić information content (AvgIpc) is 2.61. The van der Waals surface area contributed by atoms with Crippen LogP contribution in [0, 0.1) is 17.2 Å². The van der Waals surface area contributed by atoms with Crippen LogP contribution in [0.4, 0.5) is 0 Å². The molecule has 0 aliphatic rings. The summed E-state index contributed by atoms with van der Waals surface area (Å²) in [5.41, 5.74) is 4.45. The Morgan fingerprint density at radius 1 is 1.16 bits per heavy atom. The number of carbonyl (C=O) groups excluding carboxylic acids is 1. The number of nitriles is 1. The van der Waals surface area contributed by atoms with E-state index in [1.165, 1.54) is 16.7 Å². The van der Waals surface area contributed by atoms with Crippen molar-refractivity contribution in [1.29, 1.82) is 5.26 Å². The van der Waals surface area contributed by atoms with Gasteiger partial charge in [0.2, 0.25) is 0 Å². The Morgan fingerprint density at radius 2 is 1.76 bits per heavy atom. The number of hydrogen-bond donors (Lipinski definition) is 0. The standard InChI is InChI=1S/C17H16BrN.C5H10O/c1-2-3-4-15-11-13(12-19)5-10-17(15)14-6-8-16(18)9-7-14;1-4(2)5(3)6/h5-11H,2-4H2,1H3;4H,1-3H3. The highest BCUT2D eigenvalue weighted by Gasteiger charge is 2.06. The van der Waals surface area contributed by atoms with Crippen LogP contribution >= 0.6 is 15.9 Å². The van der Waals surface area contributed by atoms with Crippen molar-refractivity contribution in [2.45, 2.75) is 47.0 Å². The van der Waals surface area contributed by atoms with E-state index >= 15 is 0 Å². The van der Waals surface area contributed by atoms with E-state index in [-0.39, 0.29) is 11.7 Å². The first-order chi connectivity index (χ1) is 11.9. The van der Waals surface area contributed by atoms with Gasteiger partial charge in [-0.1, -0.05) is 61.3 Å². The van der Waals surface area contributed by atoms with Crippen molar-refractivity contribution in [3.05, 3.63) is 58.1 Å². The van der Waals surface area contributed by atoms with Gasteiger partial charge in [0, 0.05) is 10.4 Å². The summed E-state index contributed by atoms with van der Waals surface area (Å²) in [7, 11) is 0. The summed E-state index contributed by atoms with van der Waals surface area (Å²) in [5.74, 6) is 0.472. The maximum absolute atomic E-state index is 10.1. The topological polar surface area (TPSA) is 40.9 Å². The third-order valence-corrected chi connectivity index (χ3v) is 4.53. The zero-order valence-corrected chi connectivity index (χ0v) is 17.1. The van der Waals surface area contributed by atoms with Crippen molar-refractivity contribution in [1.82, 2.24) is 0 Å². The minimum Gasteiger partial charge on any atom is -0.300 e. The van der Waals surface area contributed by atoms with Crippen LogP contribution in [0.5, 0.6) is 0 Å². The minimum absolute atomic E-state index is 0.213. The molecule has 0 aromatic heterocycles. The lowest BCUT2D eigenvalue weighted by atomic mass is 9.94. The van der Waals surface area contributed by atoms with Crippen LogP contribution in [0.1, 0.15) is 51.7 Å². The molecule has 0 spiro atoms. The molecule has 0 saturated heterocycles. The van der Waals surface area contributed by atoms with E-state index < -0.39 is 0 Å². The van der Waals surface area contributed by atoms with Gasteiger partial charge in [-0.05, 0) is 60.7 Å². The van der Waals surface area contributed by atoms with Crippen LogP contribution in [-0.4, -0.2) is 5.78 Å². The van der Waals surface area contributed by atoms with Crippen LogP contribution in [0.15, 0.2) is 46.9 Å². The lowest BCUT2D eigenvalue weighted by Gasteiger charge is -2.10. The average molecular weight is 400 g/mol. The number of benzene rings is 2. The van der Waals surface area contributed by atoms with Crippen LogP contribution in [0.25, 0.3) is 11.1 Å². The minimum atomic E-state index is 0.213. The lowest BCUT2D eigenvalue weighted by molar-refractivity contribution is -0.119. The smallest absolute Gasteiger partial charge is 0.132 e. The second-order valence-electron chi connectivity index (χ2n) is 6.36. The molecule has 0 fully saturated rings. The molecule has 0 saturated carbocycles. The van der Waals surface area contributed by atoms with E-state index in [1.54, 1.807) is 6.92 Å². The Labute approximate surface area is 160 Å². The van der Waals surface area contributed by atoms with Gasteiger partial charge in [0.25, 0.3) is 0 Å². The first-order valence-corrected chi connectivity index (χ1v) is 9.47. The molecule has 2 aromatic rings. The molecule has 0 aliphatic heterocycles. The molecule has 25 heavy (non-hydrogen) atoms. The summed E-state index contributed by atoms with van der Waals surface area (Å²) in [6.45, 7) is 7.57. The predicted molar refractivity (Wildman–Crippen MR) is 108 cm³/mol. The van der Waals surface area contributed by atoms with Crippen molar-refractivity contribution >= 4 is 21.7 Å². The fraction of sp³-hybridized carbons (Fsp3) is 0.364. The highest BCUT2D eigenvalue weighted by atomic mass is 79.9. The molecule has 3 heteroatoms. The monoisotopic (exact) mass is 399 g/mol.